The van der Waals surface area contributed by atoms with E-state index in [1.54, 1.807) is 24.1 Å². The lowest BCUT2D eigenvalue weighted by atomic mass is 9.94. The van der Waals surface area contributed by atoms with Crippen molar-refractivity contribution in [2.45, 2.75) is 51.1 Å². The van der Waals surface area contributed by atoms with E-state index >= 15 is 0 Å². The van der Waals surface area contributed by atoms with E-state index in [0.717, 1.165) is 31.2 Å². The normalized spacial score (nSPS) is 15.0. The van der Waals surface area contributed by atoms with Gasteiger partial charge in [-0.3, -0.25) is 14.5 Å². The maximum absolute atomic E-state index is 13.8. The molecule has 1 atom stereocenters. The number of rotatable bonds is 7. The molecule has 0 saturated heterocycles. The van der Waals surface area contributed by atoms with Gasteiger partial charge in [0.05, 0.1) is 13.4 Å². The number of nitrogens with zero attached hydrogens (tertiary/aromatic N) is 1. The summed E-state index contributed by atoms with van der Waals surface area (Å²) < 4.78 is 10.8. The van der Waals surface area contributed by atoms with Gasteiger partial charge >= 0.3 is 0 Å². The number of anilines is 1. The number of para-hydroxylation sites is 1. The predicted molar refractivity (Wildman–Crippen MR) is 127 cm³/mol. The van der Waals surface area contributed by atoms with E-state index in [1.807, 2.05) is 55.5 Å². The van der Waals surface area contributed by atoms with Crippen LogP contribution in [0.4, 0.5) is 5.69 Å². The second kappa shape index (κ2) is 10.4. The van der Waals surface area contributed by atoms with Crippen LogP contribution in [0.1, 0.15) is 59.8 Å². The Labute approximate surface area is 194 Å². The van der Waals surface area contributed by atoms with Crippen LogP contribution < -0.4 is 15.0 Å². The number of aryl methyl sites for hydroxylation is 1. The molecule has 0 unspecified atom stereocenters. The van der Waals surface area contributed by atoms with Gasteiger partial charge in [-0.25, -0.2) is 0 Å². The molecule has 172 valence electrons. The van der Waals surface area contributed by atoms with E-state index in [0.29, 0.717) is 17.0 Å². The molecule has 1 N–H and O–H groups in total. The summed E-state index contributed by atoms with van der Waals surface area (Å²) in [5.41, 5.74) is 2.26. The summed E-state index contributed by atoms with van der Waals surface area (Å²) in [6, 6.07) is 17.4. The molecule has 6 heteroatoms. The summed E-state index contributed by atoms with van der Waals surface area (Å²) in [4.78, 5) is 29.1. The van der Waals surface area contributed by atoms with Crippen molar-refractivity contribution in [3.05, 3.63) is 83.8 Å². The highest BCUT2D eigenvalue weighted by atomic mass is 16.5. The zero-order valence-corrected chi connectivity index (χ0v) is 19.1. The second-order valence-electron chi connectivity index (χ2n) is 8.46. The first-order valence-electron chi connectivity index (χ1n) is 11.5. The lowest BCUT2D eigenvalue weighted by molar-refractivity contribution is -0.123. The maximum Gasteiger partial charge on any atom is 0.294 e. The summed E-state index contributed by atoms with van der Waals surface area (Å²) in [5.74, 6) is 0.302. The van der Waals surface area contributed by atoms with E-state index in [2.05, 4.69) is 5.32 Å². The smallest absolute Gasteiger partial charge is 0.294 e. The molecule has 1 aliphatic rings. The molecule has 1 saturated carbocycles. The van der Waals surface area contributed by atoms with E-state index in [4.69, 9.17) is 9.15 Å². The van der Waals surface area contributed by atoms with Crippen molar-refractivity contribution < 1.29 is 18.7 Å². The number of benzene rings is 2. The fourth-order valence-corrected chi connectivity index (χ4v) is 4.45. The lowest BCUT2D eigenvalue weighted by Crippen LogP contribution is -2.47. The number of nitrogens with one attached hydrogen (secondary N) is 1. The quantitative estimate of drug-likeness (QED) is 0.525. The Bertz CT molecular complexity index is 1070. The minimum absolute atomic E-state index is 0.115. The Balaban J connectivity index is 1.80. The van der Waals surface area contributed by atoms with Gasteiger partial charge in [0.15, 0.2) is 5.76 Å². The Kier molecular flexibility index (Phi) is 7.13. The molecule has 0 aliphatic heterocycles. The van der Waals surface area contributed by atoms with Gasteiger partial charge in [0.1, 0.15) is 11.8 Å². The largest absolute Gasteiger partial charge is 0.497 e. The fourth-order valence-electron chi connectivity index (χ4n) is 4.45. The van der Waals surface area contributed by atoms with Crippen molar-refractivity contribution in [3.63, 3.8) is 0 Å². The molecule has 1 aliphatic carbocycles. The molecule has 1 heterocycles. The second-order valence-corrected chi connectivity index (χ2v) is 8.46. The van der Waals surface area contributed by atoms with Crippen molar-refractivity contribution in [1.29, 1.82) is 0 Å². The highest BCUT2D eigenvalue weighted by molar-refractivity contribution is 6.09. The third-order valence-electron chi connectivity index (χ3n) is 6.22. The van der Waals surface area contributed by atoms with Crippen molar-refractivity contribution in [3.8, 4) is 5.75 Å². The van der Waals surface area contributed by atoms with Crippen LogP contribution >= 0.6 is 0 Å². The van der Waals surface area contributed by atoms with Gasteiger partial charge in [-0.05, 0) is 61.2 Å². The van der Waals surface area contributed by atoms with E-state index in [1.165, 1.54) is 12.7 Å². The summed E-state index contributed by atoms with van der Waals surface area (Å²) in [6.45, 7) is 1.93. The van der Waals surface area contributed by atoms with Crippen LogP contribution in [0.3, 0.4) is 0 Å². The van der Waals surface area contributed by atoms with Crippen molar-refractivity contribution >= 4 is 17.5 Å². The van der Waals surface area contributed by atoms with Crippen LogP contribution in [0, 0.1) is 6.92 Å². The van der Waals surface area contributed by atoms with Gasteiger partial charge in [-0.15, -0.1) is 0 Å². The molecular formula is C27H30N2O4. The van der Waals surface area contributed by atoms with Gasteiger partial charge in [0.2, 0.25) is 5.91 Å². The summed E-state index contributed by atoms with van der Waals surface area (Å²) >= 11 is 0. The van der Waals surface area contributed by atoms with E-state index in [-0.39, 0.29) is 23.6 Å². The highest BCUT2D eigenvalue weighted by Gasteiger charge is 2.36. The summed E-state index contributed by atoms with van der Waals surface area (Å²) in [5, 5.41) is 3.22. The van der Waals surface area contributed by atoms with Crippen LogP contribution in [0.5, 0.6) is 5.75 Å². The number of carbonyl (C=O) groups excluding carboxylic acids is 2. The molecule has 2 aromatic carbocycles. The minimum Gasteiger partial charge on any atom is -0.497 e. The summed E-state index contributed by atoms with van der Waals surface area (Å²) in [6.07, 6.45) is 6.78. The van der Waals surface area contributed by atoms with E-state index < -0.39 is 6.04 Å². The molecule has 0 spiro atoms. The van der Waals surface area contributed by atoms with Gasteiger partial charge in [0.25, 0.3) is 5.91 Å². The standard InChI is InChI=1S/C27H30N2O4/c1-19-9-6-7-12-23(19)29(27(31)24-13-8-18-33-24)25(20-14-16-22(32-2)17-15-20)26(30)28-21-10-4-3-5-11-21/h6-9,12-18,21,25H,3-5,10-11H2,1-2H3,(H,28,30)/t25-/m0/s1. The SMILES string of the molecule is COc1ccc([C@@H](C(=O)NC2CCCCC2)N(C(=O)c2ccco2)c2ccccc2C)cc1. The topological polar surface area (TPSA) is 71.8 Å². The first-order chi connectivity index (χ1) is 16.1. The van der Waals surface area contributed by atoms with Crippen molar-refractivity contribution in [2.75, 3.05) is 12.0 Å². The van der Waals surface area contributed by atoms with E-state index in [9.17, 15) is 9.59 Å². The van der Waals surface area contributed by atoms with Crippen LogP contribution in [0.15, 0.2) is 71.3 Å². The molecular weight excluding hydrogens is 416 g/mol. The first-order valence-corrected chi connectivity index (χ1v) is 11.5. The highest BCUT2D eigenvalue weighted by Crippen LogP contribution is 2.33. The van der Waals surface area contributed by atoms with Crippen molar-refractivity contribution in [2.24, 2.45) is 0 Å². The zero-order chi connectivity index (χ0) is 23.2. The molecule has 1 fully saturated rings. The Morgan fingerprint density at radius 2 is 1.73 bits per heavy atom. The van der Waals surface area contributed by atoms with Gasteiger partial charge in [-0.1, -0.05) is 49.6 Å². The maximum atomic E-state index is 13.8. The minimum atomic E-state index is -0.864. The van der Waals surface area contributed by atoms with Gasteiger partial charge in [-0.2, -0.15) is 0 Å². The fraction of sp³-hybridized carbons (Fsp3) is 0.333. The summed E-state index contributed by atoms with van der Waals surface area (Å²) in [7, 11) is 1.60. The third kappa shape index (κ3) is 5.11. The molecule has 0 radical (unpaired) electrons. The number of hydrogen-bond donors (Lipinski definition) is 1. The number of hydrogen-bond acceptors (Lipinski definition) is 4. The molecule has 4 rings (SSSR count). The van der Waals surface area contributed by atoms with Gasteiger partial charge in [0, 0.05) is 11.7 Å². The lowest BCUT2D eigenvalue weighted by Gasteiger charge is -2.33. The number of furan rings is 1. The molecule has 3 aromatic rings. The number of ether oxygens (including phenoxy) is 1. The number of methoxy groups -OCH3 is 1. The monoisotopic (exact) mass is 446 g/mol. The van der Waals surface area contributed by atoms with Crippen LogP contribution in [0.2, 0.25) is 0 Å². The Morgan fingerprint density at radius 3 is 2.36 bits per heavy atom. The first kappa shape index (κ1) is 22.6. The average Bonchev–Trinajstić information content (AvgIpc) is 3.39. The Hall–Kier alpha value is -3.54. The van der Waals surface area contributed by atoms with Gasteiger partial charge < -0.3 is 14.5 Å². The van der Waals surface area contributed by atoms with Crippen LogP contribution in [-0.2, 0) is 4.79 Å². The molecule has 33 heavy (non-hydrogen) atoms. The van der Waals surface area contributed by atoms with Crippen LogP contribution in [-0.4, -0.2) is 25.0 Å². The Morgan fingerprint density at radius 1 is 1.00 bits per heavy atom. The predicted octanol–water partition coefficient (Wildman–Crippen LogP) is 5.43. The molecule has 2 amide bonds. The third-order valence-corrected chi connectivity index (χ3v) is 6.22. The average molecular weight is 447 g/mol. The molecule has 1 aromatic heterocycles. The molecule has 6 nitrogen and oxygen atoms in total. The molecule has 0 bridgehead atoms. The zero-order valence-electron chi connectivity index (χ0n) is 19.1. The van der Waals surface area contributed by atoms with Crippen molar-refractivity contribution in [1.82, 2.24) is 5.32 Å². The number of carbonyl (C=O) groups is 2. The number of amides is 2. The van der Waals surface area contributed by atoms with Crippen LogP contribution in [0.25, 0.3) is 0 Å².